The largest absolute Gasteiger partial charge is 0.480 e. The van der Waals surface area contributed by atoms with E-state index in [1.165, 1.54) is 13.8 Å². The van der Waals surface area contributed by atoms with Crippen LogP contribution >= 0.6 is 12.6 Å². The fraction of sp³-hybridized carbons (Fsp3) is 0.667. The summed E-state index contributed by atoms with van der Waals surface area (Å²) in [7, 11) is 0. The molecule has 0 bridgehead atoms. The van der Waals surface area contributed by atoms with Crippen LogP contribution in [-0.2, 0) is 24.0 Å². The molecular formula is C15H27N5O7S. The lowest BCUT2D eigenvalue weighted by atomic mass is 10.1. The van der Waals surface area contributed by atoms with Crippen LogP contribution in [0, 0.1) is 0 Å². The monoisotopic (exact) mass is 421 g/mol. The summed E-state index contributed by atoms with van der Waals surface area (Å²) < 4.78 is 0. The number of carboxylic acids is 1. The first kappa shape index (κ1) is 25.6. The number of thiol groups is 1. The summed E-state index contributed by atoms with van der Waals surface area (Å²) in [6.07, 6.45) is -1.79. The van der Waals surface area contributed by atoms with Crippen molar-refractivity contribution in [1.82, 2.24) is 16.0 Å². The van der Waals surface area contributed by atoms with E-state index in [4.69, 9.17) is 16.6 Å². The van der Waals surface area contributed by atoms with Gasteiger partial charge < -0.3 is 37.6 Å². The molecule has 0 radical (unpaired) electrons. The quantitative estimate of drug-likeness (QED) is 0.147. The van der Waals surface area contributed by atoms with Crippen LogP contribution in [0.1, 0.15) is 26.7 Å². The maximum absolute atomic E-state index is 12.5. The molecular weight excluding hydrogens is 394 g/mol. The minimum Gasteiger partial charge on any atom is -0.480 e. The summed E-state index contributed by atoms with van der Waals surface area (Å²) >= 11 is 3.81. The molecule has 0 spiro atoms. The first-order valence-electron chi connectivity index (χ1n) is 8.37. The van der Waals surface area contributed by atoms with Gasteiger partial charge in [-0.05, 0) is 20.3 Å². The van der Waals surface area contributed by atoms with Gasteiger partial charge in [0.05, 0.1) is 12.1 Å². The molecule has 4 amide bonds. The van der Waals surface area contributed by atoms with Gasteiger partial charge >= 0.3 is 5.97 Å². The number of carbonyl (C=O) groups is 5. The van der Waals surface area contributed by atoms with E-state index in [0.717, 1.165) is 0 Å². The number of hydrogen-bond acceptors (Lipinski definition) is 8. The Kier molecular flexibility index (Phi) is 11.1. The summed E-state index contributed by atoms with van der Waals surface area (Å²) in [5, 5.41) is 25.4. The summed E-state index contributed by atoms with van der Waals surface area (Å²) in [6.45, 7) is 2.59. The van der Waals surface area contributed by atoms with Crippen molar-refractivity contribution in [3.63, 3.8) is 0 Å². The molecule has 5 atom stereocenters. The molecule has 0 saturated heterocycles. The van der Waals surface area contributed by atoms with Gasteiger partial charge in [-0.15, -0.1) is 0 Å². The van der Waals surface area contributed by atoms with Crippen molar-refractivity contribution in [2.24, 2.45) is 11.5 Å². The van der Waals surface area contributed by atoms with Gasteiger partial charge in [0.15, 0.2) is 0 Å². The standard InChI is InChI=1S/C15H27N5O7S/c1-6(16)12(23)18-8(3-4-10(17)22)13(24)20-11(7(2)21)14(25)19-9(5-28)15(26)27/h6-9,11,21,28H,3-5,16H2,1-2H3,(H2,17,22)(H,18,23)(H,19,25)(H,20,24)(H,26,27). The van der Waals surface area contributed by atoms with Crippen LogP contribution in [0.3, 0.4) is 0 Å². The maximum Gasteiger partial charge on any atom is 0.327 e. The molecule has 0 saturated carbocycles. The average Bonchev–Trinajstić information content (AvgIpc) is 2.59. The topological polar surface area (TPSA) is 214 Å². The number of primary amides is 1. The number of carboxylic acid groups (broad SMARTS) is 1. The Morgan fingerprint density at radius 3 is 1.89 bits per heavy atom. The molecule has 0 aliphatic heterocycles. The smallest absolute Gasteiger partial charge is 0.327 e. The molecule has 0 aromatic heterocycles. The van der Waals surface area contributed by atoms with Gasteiger partial charge in [-0.3, -0.25) is 19.2 Å². The van der Waals surface area contributed by atoms with Gasteiger partial charge in [-0.2, -0.15) is 12.6 Å². The lowest BCUT2D eigenvalue weighted by Gasteiger charge is -2.26. The molecule has 0 aromatic rings. The number of nitrogens with one attached hydrogen (secondary N) is 3. The molecule has 0 rings (SSSR count). The number of rotatable bonds is 12. The minimum atomic E-state index is -1.52. The first-order valence-corrected chi connectivity index (χ1v) is 9.00. The van der Waals surface area contributed by atoms with Gasteiger partial charge in [-0.1, -0.05) is 0 Å². The number of amides is 4. The number of hydrogen-bond donors (Lipinski definition) is 8. The van der Waals surface area contributed by atoms with Crippen molar-refractivity contribution in [3.8, 4) is 0 Å². The second kappa shape index (κ2) is 12.2. The molecule has 0 heterocycles. The van der Waals surface area contributed by atoms with Crippen molar-refractivity contribution in [1.29, 1.82) is 0 Å². The lowest BCUT2D eigenvalue weighted by Crippen LogP contribution is -2.60. The normalized spacial score (nSPS) is 16.0. The van der Waals surface area contributed by atoms with E-state index in [2.05, 4.69) is 28.6 Å². The zero-order valence-electron chi connectivity index (χ0n) is 15.5. The molecule has 13 heteroatoms. The Hall–Kier alpha value is -2.38. The van der Waals surface area contributed by atoms with Crippen LogP contribution in [0.2, 0.25) is 0 Å². The van der Waals surface area contributed by atoms with Gasteiger partial charge in [0.25, 0.3) is 0 Å². The van der Waals surface area contributed by atoms with E-state index >= 15 is 0 Å². The predicted molar refractivity (Wildman–Crippen MR) is 101 cm³/mol. The summed E-state index contributed by atoms with van der Waals surface area (Å²) in [5.74, 6) is -4.79. The van der Waals surface area contributed by atoms with Crippen LogP contribution in [0.4, 0.5) is 0 Å². The molecule has 28 heavy (non-hydrogen) atoms. The SMILES string of the molecule is CC(N)C(=O)NC(CCC(N)=O)C(=O)NC(C(=O)NC(CS)C(=O)O)C(C)O. The van der Waals surface area contributed by atoms with Gasteiger partial charge in [0, 0.05) is 12.2 Å². The van der Waals surface area contributed by atoms with E-state index in [-0.39, 0.29) is 18.6 Å². The van der Waals surface area contributed by atoms with Crippen molar-refractivity contribution in [2.75, 3.05) is 5.75 Å². The van der Waals surface area contributed by atoms with Gasteiger partial charge in [0.1, 0.15) is 18.1 Å². The van der Waals surface area contributed by atoms with Crippen molar-refractivity contribution in [3.05, 3.63) is 0 Å². The van der Waals surface area contributed by atoms with Crippen molar-refractivity contribution in [2.45, 2.75) is 57.0 Å². The molecule has 0 aliphatic rings. The average molecular weight is 421 g/mol. The number of aliphatic carboxylic acids is 1. The molecule has 12 nitrogen and oxygen atoms in total. The van der Waals surface area contributed by atoms with Gasteiger partial charge in [0.2, 0.25) is 23.6 Å². The fourth-order valence-corrected chi connectivity index (χ4v) is 2.21. The van der Waals surface area contributed by atoms with Crippen LogP contribution < -0.4 is 27.4 Å². The zero-order valence-corrected chi connectivity index (χ0v) is 16.4. The van der Waals surface area contributed by atoms with Crippen LogP contribution in [0.5, 0.6) is 0 Å². The Morgan fingerprint density at radius 1 is 0.964 bits per heavy atom. The van der Waals surface area contributed by atoms with Crippen LogP contribution in [0.25, 0.3) is 0 Å². The molecule has 9 N–H and O–H groups in total. The van der Waals surface area contributed by atoms with E-state index in [1.54, 1.807) is 0 Å². The third-order valence-electron chi connectivity index (χ3n) is 3.59. The fourth-order valence-electron chi connectivity index (χ4n) is 1.96. The van der Waals surface area contributed by atoms with Crippen molar-refractivity contribution >= 4 is 42.2 Å². The van der Waals surface area contributed by atoms with Crippen LogP contribution in [0.15, 0.2) is 0 Å². The minimum absolute atomic E-state index is 0.165. The van der Waals surface area contributed by atoms with Crippen molar-refractivity contribution < 1.29 is 34.2 Å². The molecule has 0 fully saturated rings. The van der Waals surface area contributed by atoms with E-state index in [1.807, 2.05) is 0 Å². The van der Waals surface area contributed by atoms with E-state index in [9.17, 15) is 29.1 Å². The highest BCUT2D eigenvalue weighted by Gasteiger charge is 2.32. The Labute approximate surface area is 167 Å². The third kappa shape index (κ3) is 9.01. The first-order chi connectivity index (χ1) is 12.9. The second-order valence-corrected chi connectivity index (χ2v) is 6.53. The second-order valence-electron chi connectivity index (χ2n) is 6.16. The highest BCUT2D eigenvalue weighted by molar-refractivity contribution is 7.80. The highest BCUT2D eigenvalue weighted by atomic mass is 32.1. The van der Waals surface area contributed by atoms with Gasteiger partial charge in [-0.25, -0.2) is 4.79 Å². The third-order valence-corrected chi connectivity index (χ3v) is 3.95. The summed E-state index contributed by atoms with van der Waals surface area (Å²) in [5.41, 5.74) is 10.5. The predicted octanol–water partition coefficient (Wildman–Crippen LogP) is -3.55. The summed E-state index contributed by atoms with van der Waals surface area (Å²) in [6, 6.07) is -5.04. The number of aliphatic hydroxyl groups excluding tert-OH is 1. The maximum atomic E-state index is 12.5. The summed E-state index contributed by atoms with van der Waals surface area (Å²) in [4.78, 5) is 58.5. The Morgan fingerprint density at radius 2 is 1.50 bits per heavy atom. The lowest BCUT2D eigenvalue weighted by molar-refractivity contribution is -0.142. The Balaban J connectivity index is 5.30. The molecule has 0 aromatic carbocycles. The molecule has 5 unspecified atom stereocenters. The zero-order chi connectivity index (χ0) is 22.0. The highest BCUT2D eigenvalue weighted by Crippen LogP contribution is 2.02. The van der Waals surface area contributed by atoms with Crippen LogP contribution in [-0.4, -0.2) is 75.8 Å². The van der Waals surface area contributed by atoms with E-state index in [0.29, 0.717) is 0 Å². The molecule has 0 aliphatic carbocycles. The van der Waals surface area contributed by atoms with E-state index < -0.39 is 59.9 Å². The number of nitrogens with two attached hydrogens (primary N) is 2. The number of aliphatic hydroxyl groups is 1. The number of carbonyl (C=O) groups excluding carboxylic acids is 4. The molecule has 160 valence electrons. The Bertz CT molecular complexity index is 599.